The second-order valence-corrected chi connectivity index (χ2v) is 6.14. The van der Waals surface area contributed by atoms with Crippen LogP contribution in [0.5, 0.6) is 11.5 Å². The van der Waals surface area contributed by atoms with Crippen molar-refractivity contribution < 1.29 is 19.1 Å². The molecule has 0 radical (unpaired) electrons. The van der Waals surface area contributed by atoms with Crippen molar-refractivity contribution in [2.75, 3.05) is 6.61 Å². The molecule has 7 heteroatoms. The summed E-state index contributed by atoms with van der Waals surface area (Å²) in [6.45, 7) is 1.88. The smallest absolute Gasteiger partial charge is 0.283 e. The van der Waals surface area contributed by atoms with Crippen LogP contribution in [0.15, 0.2) is 54.6 Å². The van der Waals surface area contributed by atoms with Crippen molar-refractivity contribution in [2.24, 2.45) is 0 Å². The largest absolute Gasteiger partial charge is 0.485 e. The highest BCUT2D eigenvalue weighted by atomic mass is 16.6. The number of nitrogens with one attached hydrogen (secondary N) is 2. The van der Waals surface area contributed by atoms with Crippen LogP contribution in [-0.2, 0) is 4.79 Å². The molecule has 0 spiro atoms. The number of carbonyl (C=O) groups excluding carboxylic acids is 2. The molecule has 27 heavy (non-hydrogen) atoms. The molecule has 3 aromatic rings. The molecule has 1 aliphatic rings. The maximum absolute atomic E-state index is 12.6. The number of pyridine rings is 1. The van der Waals surface area contributed by atoms with Gasteiger partial charge >= 0.3 is 0 Å². The Morgan fingerprint density at radius 3 is 2.63 bits per heavy atom. The van der Waals surface area contributed by atoms with Crippen LogP contribution in [0.4, 0.5) is 0 Å². The van der Waals surface area contributed by atoms with Crippen molar-refractivity contribution in [1.82, 2.24) is 15.8 Å². The van der Waals surface area contributed by atoms with Crippen molar-refractivity contribution >= 4 is 22.7 Å². The summed E-state index contributed by atoms with van der Waals surface area (Å²) in [6.07, 6.45) is -0.851. The van der Waals surface area contributed by atoms with Gasteiger partial charge < -0.3 is 9.47 Å². The van der Waals surface area contributed by atoms with Crippen LogP contribution >= 0.6 is 0 Å². The lowest BCUT2D eigenvalue weighted by atomic mass is 10.1. The highest BCUT2D eigenvalue weighted by Crippen LogP contribution is 2.30. The Hall–Kier alpha value is -3.61. The lowest BCUT2D eigenvalue weighted by molar-refractivity contribution is -0.131. The maximum Gasteiger partial charge on any atom is 0.283 e. The van der Waals surface area contributed by atoms with E-state index in [2.05, 4.69) is 15.8 Å². The Bertz CT molecular complexity index is 1030. The fourth-order valence-corrected chi connectivity index (χ4v) is 2.91. The van der Waals surface area contributed by atoms with Crippen LogP contribution in [0.3, 0.4) is 0 Å². The van der Waals surface area contributed by atoms with Crippen molar-refractivity contribution in [3.8, 4) is 11.5 Å². The van der Waals surface area contributed by atoms with Gasteiger partial charge in [-0.25, -0.2) is 0 Å². The Kier molecular flexibility index (Phi) is 4.33. The van der Waals surface area contributed by atoms with E-state index in [1.54, 1.807) is 24.3 Å². The number of para-hydroxylation sites is 3. The molecule has 1 aliphatic heterocycles. The second-order valence-electron chi connectivity index (χ2n) is 6.14. The topological polar surface area (TPSA) is 89.6 Å². The molecule has 1 unspecified atom stereocenters. The summed E-state index contributed by atoms with van der Waals surface area (Å²) in [5.41, 5.74) is 6.70. The molecule has 7 nitrogen and oxygen atoms in total. The Balaban J connectivity index is 1.45. The Morgan fingerprint density at radius 1 is 1.04 bits per heavy atom. The van der Waals surface area contributed by atoms with Gasteiger partial charge in [0.15, 0.2) is 11.5 Å². The monoisotopic (exact) mass is 363 g/mol. The predicted molar refractivity (Wildman–Crippen MR) is 98.4 cm³/mol. The molecule has 2 heterocycles. The summed E-state index contributed by atoms with van der Waals surface area (Å²) in [5, 5.41) is 0.709. The first kappa shape index (κ1) is 16.8. The molecule has 0 saturated heterocycles. The van der Waals surface area contributed by atoms with Crippen molar-refractivity contribution in [3.05, 3.63) is 65.9 Å². The highest BCUT2D eigenvalue weighted by molar-refractivity contribution is 6.06. The van der Waals surface area contributed by atoms with E-state index in [0.29, 0.717) is 28.1 Å². The zero-order chi connectivity index (χ0) is 18.8. The van der Waals surface area contributed by atoms with Crippen LogP contribution in [0.25, 0.3) is 10.9 Å². The molecule has 2 amide bonds. The van der Waals surface area contributed by atoms with Gasteiger partial charge in [-0.1, -0.05) is 30.3 Å². The minimum atomic E-state index is -0.851. The number of aryl methyl sites for hydroxylation is 1. The zero-order valence-electron chi connectivity index (χ0n) is 14.6. The van der Waals surface area contributed by atoms with E-state index in [-0.39, 0.29) is 6.61 Å². The first-order valence-corrected chi connectivity index (χ1v) is 8.47. The number of fused-ring (bicyclic) bond motifs is 2. The van der Waals surface area contributed by atoms with Gasteiger partial charge in [0, 0.05) is 11.1 Å². The predicted octanol–water partition coefficient (Wildman–Crippen LogP) is 2.14. The van der Waals surface area contributed by atoms with Gasteiger partial charge in [-0.05, 0) is 31.2 Å². The summed E-state index contributed by atoms with van der Waals surface area (Å²) in [7, 11) is 0. The standard InChI is InChI=1S/C20H17N3O4/c1-12-10-14(13-6-2-3-7-15(13)21-12)19(24)22-23-20(25)18-11-26-16-8-4-5-9-17(16)27-18/h2-10,18H,11H2,1H3,(H,22,24)(H,23,25). The van der Waals surface area contributed by atoms with Crippen LogP contribution in [0.1, 0.15) is 16.1 Å². The van der Waals surface area contributed by atoms with Gasteiger partial charge in [0.05, 0.1) is 11.1 Å². The number of amides is 2. The van der Waals surface area contributed by atoms with Crippen LogP contribution < -0.4 is 20.3 Å². The number of hydrogen-bond donors (Lipinski definition) is 2. The number of rotatable bonds is 2. The molecular weight excluding hydrogens is 346 g/mol. The summed E-state index contributed by atoms with van der Waals surface area (Å²) in [4.78, 5) is 29.3. The molecule has 0 bridgehead atoms. The van der Waals surface area contributed by atoms with Gasteiger partial charge in [0.25, 0.3) is 11.8 Å². The number of nitrogens with zero attached hydrogens (tertiary/aromatic N) is 1. The fourth-order valence-electron chi connectivity index (χ4n) is 2.91. The van der Waals surface area contributed by atoms with Crippen LogP contribution in [0, 0.1) is 6.92 Å². The summed E-state index contributed by atoms with van der Waals surface area (Å²) in [5.74, 6) is 0.158. The van der Waals surface area contributed by atoms with Gasteiger partial charge in [0.2, 0.25) is 6.10 Å². The van der Waals surface area contributed by atoms with Gasteiger partial charge in [-0.15, -0.1) is 0 Å². The second kappa shape index (κ2) is 6.95. The van der Waals surface area contributed by atoms with Crippen LogP contribution in [0.2, 0.25) is 0 Å². The van der Waals surface area contributed by atoms with Gasteiger partial charge in [-0.2, -0.15) is 0 Å². The van der Waals surface area contributed by atoms with E-state index in [1.165, 1.54) is 0 Å². The molecule has 0 saturated carbocycles. The quantitative estimate of drug-likeness (QED) is 0.681. The maximum atomic E-state index is 12.6. The molecule has 1 aromatic heterocycles. The van der Waals surface area contributed by atoms with Crippen molar-refractivity contribution in [1.29, 1.82) is 0 Å². The number of carbonyl (C=O) groups is 2. The number of hydrazine groups is 1. The Morgan fingerprint density at radius 2 is 1.78 bits per heavy atom. The normalized spacial score (nSPS) is 15.2. The minimum Gasteiger partial charge on any atom is -0.485 e. The molecule has 2 N–H and O–H groups in total. The van der Waals surface area contributed by atoms with E-state index in [4.69, 9.17) is 9.47 Å². The van der Waals surface area contributed by atoms with E-state index < -0.39 is 17.9 Å². The van der Waals surface area contributed by atoms with E-state index >= 15 is 0 Å². The number of ether oxygens (including phenoxy) is 2. The molecule has 4 rings (SSSR count). The third kappa shape index (κ3) is 3.39. The SMILES string of the molecule is Cc1cc(C(=O)NNC(=O)C2COc3ccccc3O2)c2ccccc2n1. The minimum absolute atomic E-state index is 0.0655. The molecule has 0 fully saturated rings. The Labute approximate surface area is 155 Å². The number of benzene rings is 2. The molecule has 136 valence electrons. The first-order chi connectivity index (χ1) is 13.1. The third-order valence-electron chi connectivity index (χ3n) is 4.19. The highest BCUT2D eigenvalue weighted by Gasteiger charge is 2.27. The molecular formula is C20H17N3O4. The average molecular weight is 363 g/mol. The number of hydrogen-bond acceptors (Lipinski definition) is 5. The fraction of sp³-hybridized carbons (Fsp3) is 0.150. The summed E-state index contributed by atoms with van der Waals surface area (Å²) >= 11 is 0. The average Bonchev–Trinajstić information content (AvgIpc) is 2.70. The van der Waals surface area contributed by atoms with E-state index in [9.17, 15) is 9.59 Å². The molecule has 0 aliphatic carbocycles. The van der Waals surface area contributed by atoms with Crippen LogP contribution in [-0.4, -0.2) is 29.5 Å². The summed E-state index contributed by atoms with van der Waals surface area (Å²) < 4.78 is 11.1. The lowest BCUT2D eigenvalue weighted by Crippen LogP contribution is -2.50. The zero-order valence-corrected chi connectivity index (χ0v) is 14.6. The summed E-state index contributed by atoms with van der Waals surface area (Å²) in [6, 6.07) is 16.1. The van der Waals surface area contributed by atoms with Crippen molar-refractivity contribution in [3.63, 3.8) is 0 Å². The van der Waals surface area contributed by atoms with Crippen molar-refractivity contribution in [2.45, 2.75) is 13.0 Å². The molecule has 2 aromatic carbocycles. The lowest BCUT2D eigenvalue weighted by Gasteiger charge is -2.25. The third-order valence-corrected chi connectivity index (χ3v) is 4.19. The van der Waals surface area contributed by atoms with Gasteiger partial charge in [0.1, 0.15) is 6.61 Å². The van der Waals surface area contributed by atoms with Gasteiger partial charge in [-0.3, -0.25) is 25.4 Å². The van der Waals surface area contributed by atoms with E-state index in [0.717, 1.165) is 5.52 Å². The number of aromatic nitrogens is 1. The van der Waals surface area contributed by atoms with E-state index in [1.807, 2.05) is 37.3 Å². The first-order valence-electron chi connectivity index (χ1n) is 8.47. The molecule has 1 atom stereocenters.